The van der Waals surface area contributed by atoms with Gasteiger partial charge in [-0.15, -0.1) is 0 Å². The highest BCUT2D eigenvalue weighted by Gasteiger charge is 2.30. The van der Waals surface area contributed by atoms with E-state index in [1.54, 1.807) is 17.3 Å². The molecule has 24 heavy (non-hydrogen) atoms. The highest BCUT2D eigenvalue weighted by Crippen LogP contribution is 2.22. The average molecular weight is 326 g/mol. The summed E-state index contributed by atoms with van der Waals surface area (Å²) in [5.41, 5.74) is 3.70. The summed E-state index contributed by atoms with van der Waals surface area (Å²) in [6.45, 7) is 4.73. The second-order valence-corrected chi connectivity index (χ2v) is 6.27. The summed E-state index contributed by atoms with van der Waals surface area (Å²) in [5, 5.41) is 9.29. The highest BCUT2D eigenvalue weighted by atomic mass is 16.5. The maximum absolute atomic E-state index is 12.9. The Morgan fingerprint density at radius 2 is 2.04 bits per heavy atom. The second kappa shape index (κ2) is 7.11. The highest BCUT2D eigenvalue weighted by molar-refractivity contribution is 5.95. The lowest BCUT2D eigenvalue weighted by atomic mass is 10.0. The monoisotopic (exact) mass is 326 g/mol. The van der Waals surface area contributed by atoms with E-state index in [1.165, 1.54) is 5.56 Å². The molecule has 0 bridgehead atoms. The van der Waals surface area contributed by atoms with Crippen LogP contribution < -0.4 is 0 Å². The molecule has 2 atom stereocenters. The number of pyridine rings is 1. The molecule has 3 rings (SSSR count). The van der Waals surface area contributed by atoms with Crippen LogP contribution in [0.5, 0.6) is 0 Å². The van der Waals surface area contributed by atoms with Gasteiger partial charge < -0.3 is 14.7 Å². The number of benzene rings is 1. The van der Waals surface area contributed by atoms with Gasteiger partial charge in [0.2, 0.25) is 0 Å². The summed E-state index contributed by atoms with van der Waals surface area (Å²) in [7, 11) is 0. The average Bonchev–Trinajstić information content (AvgIpc) is 2.62. The van der Waals surface area contributed by atoms with Gasteiger partial charge in [-0.25, -0.2) is 0 Å². The Balaban J connectivity index is 1.85. The molecule has 1 aliphatic heterocycles. The van der Waals surface area contributed by atoms with Crippen molar-refractivity contribution in [1.29, 1.82) is 0 Å². The van der Waals surface area contributed by atoms with Gasteiger partial charge in [-0.2, -0.15) is 0 Å². The van der Waals surface area contributed by atoms with Crippen LogP contribution in [0.25, 0.3) is 11.1 Å². The summed E-state index contributed by atoms with van der Waals surface area (Å²) >= 11 is 0. The first kappa shape index (κ1) is 16.6. The van der Waals surface area contributed by atoms with Gasteiger partial charge >= 0.3 is 0 Å². The van der Waals surface area contributed by atoms with E-state index >= 15 is 0 Å². The number of rotatable bonds is 3. The number of ether oxygens (including phenoxy) is 1. The smallest absolute Gasteiger partial charge is 0.255 e. The van der Waals surface area contributed by atoms with Crippen molar-refractivity contribution in [3.05, 3.63) is 53.9 Å². The summed E-state index contributed by atoms with van der Waals surface area (Å²) in [6.07, 6.45) is 3.04. The molecule has 1 aromatic carbocycles. The Kier molecular flexibility index (Phi) is 4.92. The first-order valence-electron chi connectivity index (χ1n) is 8.14. The number of nitrogens with zero attached hydrogens (tertiary/aromatic N) is 2. The van der Waals surface area contributed by atoms with Crippen molar-refractivity contribution in [2.75, 3.05) is 19.8 Å². The fourth-order valence-electron chi connectivity index (χ4n) is 2.84. The topological polar surface area (TPSA) is 62.7 Å². The van der Waals surface area contributed by atoms with Gasteiger partial charge in [0, 0.05) is 24.5 Å². The standard InChI is InChI=1S/C19H22N2O3/c1-13-3-5-15(6-4-13)16-7-17(9-20-8-16)19(23)21-10-18(11-22)24-12-14(21)2/h3-9,14,18,22H,10-12H2,1-2H3/t14-,18+/m1/s1. The first-order valence-corrected chi connectivity index (χ1v) is 8.14. The van der Waals surface area contributed by atoms with Crippen molar-refractivity contribution in [2.24, 2.45) is 0 Å². The van der Waals surface area contributed by atoms with E-state index in [-0.39, 0.29) is 24.7 Å². The van der Waals surface area contributed by atoms with Crippen molar-refractivity contribution in [2.45, 2.75) is 26.0 Å². The van der Waals surface area contributed by atoms with Gasteiger partial charge in [-0.3, -0.25) is 9.78 Å². The molecular weight excluding hydrogens is 304 g/mol. The van der Waals surface area contributed by atoms with Gasteiger partial charge in [0.25, 0.3) is 5.91 Å². The van der Waals surface area contributed by atoms with E-state index in [1.807, 2.05) is 44.2 Å². The predicted molar refractivity (Wildman–Crippen MR) is 91.7 cm³/mol. The molecule has 2 heterocycles. The van der Waals surface area contributed by atoms with Crippen molar-refractivity contribution < 1.29 is 14.6 Å². The summed E-state index contributed by atoms with van der Waals surface area (Å²) < 4.78 is 5.50. The van der Waals surface area contributed by atoms with Gasteiger partial charge in [0.15, 0.2) is 0 Å². The number of aliphatic hydroxyl groups excluding tert-OH is 1. The van der Waals surface area contributed by atoms with Crippen LogP contribution in [0.15, 0.2) is 42.7 Å². The van der Waals surface area contributed by atoms with Crippen LogP contribution in [0.4, 0.5) is 0 Å². The molecule has 1 fully saturated rings. The minimum atomic E-state index is -0.321. The van der Waals surface area contributed by atoms with Crippen LogP contribution in [-0.4, -0.2) is 52.8 Å². The largest absolute Gasteiger partial charge is 0.394 e. The zero-order chi connectivity index (χ0) is 17.1. The van der Waals surface area contributed by atoms with Gasteiger partial charge in [0.05, 0.1) is 30.9 Å². The molecule has 0 radical (unpaired) electrons. The second-order valence-electron chi connectivity index (χ2n) is 6.27. The van der Waals surface area contributed by atoms with Gasteiger partial charge in [-0.05, 0) is 25.5 Å². The molecule has 0 unspecified atom stereocenters. The molecule has 1 aromatic heterocycles. The van der Waals surface area contributed by atoms with Crippen LogP contribution in [0.1, 0.15) is 22.8 Å². The Morgan fingerprint density at radius 1 is 1.29 bits per heavy atom. The Morgan fingerprint density at radius 3 is 2.75 bits per heavy atom. The molecule has 5 nitrogen and oxygen atoms in total. The fourth-order valence-corrected chi connectivity index (χ4v) is 2.84. The maximum Gasteiger partial charge on any atom is 0.255 e. The van der Waals surface area contributed by atoms with Crippen LogP contribution in [0, 0.1) is 6.92 Å². The van der Waals surface area contributed by atoms with E-state index in [2.05, 4.69) is 4.98 Å². The SMILES string of the molecule is Cc1ccc(-c2cncc(C(=O)N3C[C@@H](CO)OC[C@H]3C)c2)cc1. The Hall–Kier alpha value is -2.24. The number of carbonyl (C=O) groups excluding carboxylic acids is 1. The lowest BCUT2D eigenvalue weighted by Gasteiger charge is -2.37. The number of morpholine rings is 1. The molecule has 2 aromatic rings. The maximum atomic E-state index is 12.9. The number of hydrogen-bond donors (Lipinski definition) is 1. The summed E-state index contributed by atoms with van der Waals surface area (Å²) in [6, 6.07) is 9.98. The van der Waals surface area contributed by atoms with Gasteiger partial charge in [0.1, 0.15) is 0 Å². The number of carbonyl (C=O) groups is 1. The quantitative estimate of drug-likeness (QED) is 0.940. The number of aryl methyl sites for hydroxylation is 1. The third-order valence-corrected chi connectivity index (χ3v) is 4.34. The molecule has 5 heteroatoms. The number of hydrogen-bond acceptors (Lipinski definition) is 4. The van der Waals surface area contributed by atoms with Crippen molar-refractivity contribution in [3.63, 3.8) is 0 Å². The van der Waals surface area contributed by atoms with E-state index in [4.69, 9.17) is 4.74 Å². The molecular formula is C19H22N2O3. The van der Waals surface area contributed by atoms with Gasteiger partial charge in [-0.1, -0.05) is 29.8 Å². The molecule has 1 saturated heterocycles. The summed E-state index contributed by atoms with van der Waals surface area (Å²) in [5.74, 6) is -0.0780. The predicted octanol–water partition coefficient (Wildman–Crippen LogP) is 2.28. The number of aliphatic hydroxyl groups is 1. The zero-order valence-electron chi connectivity index (χ0n) is 14.0. The van der Waals surface area contributed by atoms with Crippen LogP contribution in [-0.2, 0) is 4.74 Å². The number of amides is 1. The molecule has 0 aliphatic carbocycles. The van der Waals surface area contributed by atoms with Crippen molar-refractivity contribution >= 4 is 5.91 Å². The molecule has 0 saturated carbocycles. The normalized spacial score (nSPS) is 20.9. The fraction of sp³-hybridized carbons (Fsp3) is 0.368. The minimum absolute atomic E-state index is 0.0247. The lowest BCUT2D eigenvalue weighted by molar-refractivity contribution is -0.0667. The van der Waals surface area contributed by atoms with Crippen LogP contribution >= 0.6 is 0 Å². The van der Waals surface area contributed by atoms with E-state index in [0.717, 1.165) is 11.1 Å². The molecule has 0 spiro atoms. The molecule has 1 N–H and O–H groups in total. The van der Waals surface area contributed by atoms with Crippen LogP contribution in [0.3, 0.4) is 0 Å². The first-order chi connectivity index (χ1) is 11.6. The van der Waals surface area contributed by atoms with Crippen molar-refractivity contribution in [1.82, 2.24) is 9.88 Å². The van der Waals surface area contributed by atoms with E-state index in [0.29, 0.717) is 18.7 Å². The van der Waals surface area contributed by atoms with Crippen LogP contribution in [0.2, 0.25) is 0 Å². The molecule has 126 valence electrons. The third-order valence-electron chi connectivity index (χ3n) is 4.34. The Bertz CT molecular complexity index is 715. The van der Waals surface area contributed by atoms with E-state index < -0.39 is 0 Å². The number of aromatic nitrogens is 1. The Labute approximate surface area is 141 Å². The molecule has 1 amide bonds. The summed E-state index contributed by atoms with van der Waals surface area (Å²) in [4.78, 5) is 18.8. The zero-order valence-corrected chi connectivity index (χ0v) is 14.0. The van der Waals surface area contributed by atoms with E-state index in [9.17, 15) is 9.90 Å². The van der Waals surface area contributed by atoms with Crippen molar-refractivity contribution in [3.8, 4) is 11.1 Å². The molecule has 1 aliphatic rings. The minimum Gasteiger partial charge on any atom is -0.394 e. The third kappa shape index (κ3) is 3.47. The lowest BCUT2D eigenvalue weighted by Crippen LogP contribution is -2.52.